The van der Waals surface area contributed by atoms with E-state index < -0.39 is 17.6 Å². The van der Waals surface area contributed by atoms with Crippen LogP contribution in [-0.2, 0) is 23.9 Å². The lowest BCUT2D eigenvalue weighted by Gasteiger charge is -2.14. The van der Waals surface area contributed by atoms with Crippen molar-refractivity contribution in [1.82, 2.24) is 14.3 Å². The second-order valence-corrected chi connectivity index (χ2v) is 7.20. The number of hydrogen-bond donors (Lipinski definition) is 1. The Morgan fingerprint density at radius 3 is 2.50 bits per heavy atom. The highest BCUT2D eigenvalue weighted by Crippen LogP contribution is 2.30. The van der Waals surface area contributed by atoms with Gasteiger partial charge in [-0.1, -0.05) is 25.1 Å². The number of carbonyl (C=O) groups excluding carboxylic acids is 1. The van der Waals surface area contributed by atoms with Gasteiger partial charge >= 0.3 is 6.18 Å². The Balaban J connectivity index is 1.71. The number of hydrogen-bond acceptors (Lipinski definition) is 3. The normalized spacial score (nSPS) is 11.6. The monoisotopic (exact) mass is 440 g/mol. The molecule has 0 saturated heterocycles. The predicted molar refractivity (Wildman–Crippen MR) is 115 cm³/mol. The molecule has 0 aliphatic rings. The number of alkyl halides is 3. The van der Waals surface area contributed by atoms with Crippen molar-refractivity contribution in [3.63, 3.8) is 0 Å². The second kappa shape index (κ2) is 8.33. The highest BCUT2D eigenvalue weighted by molar-refractivity contribution is 5.91. The van der Waals surface area contributed by atoms with E-state index in [2.05, 4.69) is 10.3 Å². The first-order valence-electron chi connectivity index (χ1n) is 9.91. The summed E-state index contributed by atoms with van der Waals surface area (Å²) in [5, 5.41) is 2.80. The molecule has 0 radical (unpaired) electrons. The number of fused-ring (bicyclic) bond motifs is 1. The summed E-state index contributed by atoms with van der Waals surface area (Å²) in [6.07, 6.45) is -2.18. The highest BCUT2D eigenvalue weighted by Gasteiger charge is 2.30. The number of rotatable bonds is 5. The van der Waals surface area contributed by atoms with Crippen LogP contribution < -0.4 is 10.9 Å². The van der Waals surface area contributed by atoms with Gasteiger partial charge < -0.3 is 5.32 Å². The van der Waals surface area contributed by atoms with E-state index in [1.807, 2.05) is 19.1 Å². The van der Waals surface area contributed by atoms with E-state index in [4.69, 9.17) is 0 Å². The van der Waals surface area contributed by atoms with Gasteiger partial charge in [0.05, 0.1) is 16.6 Å². The number of benzene rings is 2. The Kier molecular flexibility index (Phi) is 5.56. The van der Waals surface area contributed by atoms with E-state index in [1.165, 1.54) is 27.7 Å². The molecule has 32 heavy (non-hydrogen) atoms. The van der Waals surface area contributed by atoms with Gasteiger partial charge in [0.25, 0.3) is 5.56 Å². The van der Waals surface area contributed by atoms with Gasteiger partial charge in [0.15, 0.2) is 5.65 Å². The fourth-order valence-electron chi connectivity index (χ4n) is 3.47. The molecule has 0 unspecified atom stereocenters. The molecular weight excluding hydrogens is 421 g/mol. The van der Waals surface area contributed by atoms with Gasteiger partial charge in [0.2, 0.25) is 5.91 Å². The van der Waals surface area contributed by atoms with Crippen molar-refractivity contribution < 1.29 is 18.0 Å². The van der Waals surface area contributed by atoms with Gasteiger partial charge in [-0.05, 0) is 54.4 Å². The third-order valence-electron chi connectivity index (χ3n) is 5.05. The molecule has 9 heteroatoms. The summed E-state index contributed by atoms with van der Waals surface area (Å²) in [4.78, 5) is 30.0. The van der Waals surface area contributed by atoms with Crippen molar-refractivity contribution in [3.8, 4) is 5.69 Å². The summed E-state index contributed by atoms with van der Waals surface area (Å²) in [5.74, 6) is -0.592. The van der Waals surface area contributed by atoms with E-state index in [-0.39, 0.29) is 17.8 Å². The standard InChI is InChI=1S/C23H19F3N4O2/c1-2-15-8-10-18(11-9-15)30-22(32)19-7-4-12-27-21(19)29(30)14-20(31)28-17-6-3-5-16(13-17)23(24,25)26/h3-13H,2,14H2,1H3,(H,28,31). The fraction of sp³-hybridized carbons (Fsp3) is 0.174. The van der Waals surface area contributed by atoms with E-state index in [1.54, 1.807) is 24.3 Å². The van der Waals surface area contributed by atoms with E-state index in [9.17, 15) is 22.8 Å². The number of halogens is 3. The number of nitrogens with zero attached hydrogens (tertiary/aromatic N) is 3. The van der Waals surface area contributed by atoms with Crippen LogP contribution in [0.1, 0.15) is 18.1 Å². The Labute approximate surface area is 180 Å². The van der Waals surface area contributed by atoms with Crippen molar-refractivity contribution in [2.45, 2.75) is 26.1 Å². The van der Waals surface area contributed by atoms with Crippen molar-refractivity contribution >= 4 is 22.6 Å². The molecule has 2 aromatic carbocycles. The largest absolute Gasteiger partial charge is 0.416 e. The maximum Gasteiger partial charge on any atom is 0.416 e. The minimum atomic E-state index is -4.52. The summed E-state index contributed by atoms with van der Waals surface area (Å²) in [5.41, 5.74) is 0.745. The number of pyridine rings is 1. The number of amides is 1. The number of nitrogens with one attached hydrogen (secondary N) is 1. The lowest BCUT2D eigenvalue weighted by Crippen LogP contribution is -2.27. The van der Waals surface area contributed by atoms with Crippen LogP contribution in [0.25, 0.3) is 16.7 Å². The molecule has 0 aliphatic carbocycles. The lowest BCUT2D eigenvalue weighted by atomic mass is 10.1. The summed E-state index contributed by atoms with van der Waals surface area (Å²) in [7, 11) is 0. The van der Waals surface area contributed by atoms with Crippen LogP contribution >= 0.6 is 0 Å². The zero-order valence-corrected chi connectivity index (χ0v) is 17.1. The Morgan fingerprint density at radius 2 is 1.81 bits per heavy atom. The average molecular weight is 440 g/mol. The van der Waals surface area contributed by atoms with E-state index in [0.717, 1.165) is 24.1 Å². The van der Waals surface area contributed by atoms with Gasteiger partial charge in [-0.3, -0.25) is 14.3 Å². The highest BCUT2D eigenvalue weighted by atomic mass is 19.4. The average Bonchev–Trinajstić information content (AvgIpc) is 3.05. The molecule has 1 N–H and O–H groups in total. The molecular formula is C23H19F3N4O2. The van der Waals surface area contributed by atoms with Crippen molar-refractivity contribution in [2.24, 2.45) is 0 Å². The van der Waals surface area contributed by atoms with Crippen LogP contribution in [0.5, 0.6) is 0 Å². The molecule has 164 valence electrons. The third-order valence-corrected chi connectivity index (χ3v) is 5.05. The Hall–Kier alpha value is -3.88. The zero-order valence-electron chi connectivity index (χ0n) is 17.1. The van der Waals surface area contributed by atoms with Gasteiger partial charge in [-0.25, -0.2) is 9.67 Å². The van der Waals surface area contributed by atoms with Crippen molar-refractivity contribution in [1.29, 1.82) is 0 Å². The van der Waals surface area contributed by atoms with Crippen LogP contribution in [0.2, 0.25) is 0 Å². The predicted octanol–water partition coefficient (Wildman–Crippen LogP) is 4.41. The second-order valence-electron chi connectivity index (χ2n) is 7.20. The van der Waals surface area contributed by atoms with E-state index in [0.29, 0.717) is 16.7 Å². The molecule has 1 amide bonds. The molecule has 0 saturated carbocycles. The fourth-order valence-corrected chi connectivity index (χ4v) is 3.47. The number of aryl methyl sites for hydroxylation is 1. The summed E-state index contributed by atoms with van der Waals surface area (Å²) in [6, 6.07) is 15.0. The van der Waals surface area contributed by atoms with Crippen LogP contribution in [0.3, 0.4) is 0 Å². The van der Waals surface area contributed by atoms with E-state index >= 15 is 0 Å². The number of anilines is 1. The van der Waals surface area contributed by atoms with Crippen molar-refractivity contribution in [2.75, 3.05) is 5.32 Å². The molecule has 0 bridgehead atoms. The van der Waals surface area contributed by atoms with Gasteiger partial charge in [-0.2, -0.15) is 13.2 Å². The molecule has 0 aliphatic heterocycles. The molecule has 2 heterocycles. The van der Waals surface area contributed by atoms with Gasteiger partial charge in [0, 0.05) is 11.9 Å². The topological polar surface area (TPSA) is 68.9 Å². The first kappa shape index (κ1) is 21.4. The van der Waals surface area contributed by atoms with Gasteiger partial charge in [-0.15, -0.1) is 0 Å². The summed E-state index contributed by atoms with van der Waals surface area (Å²) < 4.78 is 41.7. The van der Waals surface area contributed by atoms with Crippen molar-refractivity contribution in [3.05, 3.63) is 88.3 Å². The summed E-state index contributed by atoms with van der Waals surface area (Å²) >= 11 is 0. The van der Waals surface area contributed by atoms with Crippen LogP contribution in [-0.4, -0.2) is 20.3 Å². The summed E-state index contributed by atoms with van der Waals surface area (Å²) in [6.45, 7) is 1.70. The molecule has 0 spiro atoms. The molecule has 2 aromatic heterocycles. The Morgan fingerprint density at radius 1 is 1.06 bits per heavy atom. The van der Waals surface area contributed by atoms with Crippen LogP contribution in [0, 0.1) is 0 Å². The minimum absolute atomic E-state index is 0.00967. The SMILES string of the molecule is CCc1ccc(-n2c(=O)c3cccnc3n2CC(=O)Nc2cccc(C(F)(F)F)c2)cc1. The number of aromatic nitrogens is 3. The molecule has 0 fully saturated rings. The first-order chi connectivity index (χ1) is 15.3. The smallest absolute Gasteiger partial charge is 0.324 e. The third kappa shape index (κ3) is 4.14. The maximum atomic E-state index is 13.0. The quantitative estimate of drug-likeness (QED) is 0.500. The first-order valence-corrected chi connectivity index (χ1v) is 9.91. The van der Waals surface area contributed by atoms with Gasteiger partial charge in [0.1, 0.15) is 6.54 Å². The Bertz CT molecular complexity index is 1340. The molecule has 6 nitrogen and oxygen atoms in total. The zero-order chi connectivity index (χ0) is 22.9. The number of carbonyl (C=O) groups is 1. The lowest BCUT2D eigenvalue weighted by molar-refractivity contribution is -0.137. The maximum absolute atomic E-state index is 13.0. The molecule has 0 atom stereocenters. The van der Waals surface area contributed by atoms with Crippen LogP contribution in [0.15, 0.2) is 71.7 Å². The molecule has 4 aromatic rings. The molecule has 4 rings (SSSR count). The van der Waals surface area contributed by atoms with Crippen LogP contribution in [0.4, 0.5) is 18.9 Å². The minimum Gasteiger partial charge on any atom is -0.324 e.